The number of benzene rings is 1. The molecule has 2 heterocycles. The first-order chi connectivity index (χ1) is 9.99. The summed E-state index contributed by atoms with van der Waals surface area (Å²) < 4.78 is 13.8. The fourth-order valence-corrected chi connectivity index (χ4v) is 3.52. The van der Waals surface area contributed by atoms with E-state index in [1.165, 1.54) is 6.07 Å². The van der Waals surface area contributed by atoms with Crippen molar-refractivity contribution in [2.75, 3.05) is 18.0 Å². The predicted octanol–water partition coefficient (Wildman–Crippen LogP) is 1.90. The SMILES string of the molecule is Cc1cc(N2CCCC3C(=O)NCC32)c(C(C)O)cc1F. The molecule has 5 heteroatoms. The Balaban J connectivity index is 2.03. The molecule has 3 unspecified atom stereocenters. The Labute approximate surface area is 124 Å². The highest BCUT2D eigenvalue weighted by atomic mass is 19.1. The van der Waals surface area contributed by atoms with Crippen molar-refractivity contribution in [3.63, 3.8) is 0 Å². The number of piperidine rings is 1. The summed E-state index contributed by atoms with van der Waals surface area (Å²) in [5, 5.41) is 12.9. The molecule has 0 saturated carbocycles. The van der Waals surface area contributed by atoms with E-state index >= 15 is 0 Å². The summed E-state index contributed by atoms with van der Waals surface area (Å²) in [7, 11) is 0. The minimum atomic E-state index is -0.736. The minimum absolute atomic E-state index is 0.00552. The molecule has 3 rings (SSSR count). The van der Waals surface area contributed by atoms with Gasteiger partial charge < -0.3 is 15.3 Å². The van der Waals surface area contributed by atoms with Crippen molar-refractivity contribution in [2.45, 2.75) is 38.8 Å². The number of carbonyl (C=O) groups is 1. The second-order valence-electron chi connectivity index (χ2n) is 6.09. The molecule has 114 valence electrons. The van der Waals surface area contributed by atoms with Gasteiger partial charge in [0.2, 0.25) is 5.91 Å². The highest BCUT2D eigenvalue weighted by molar-refractivity contribution is 5.83. The molecule has 2 fully saturated rings. The average molecular weight is 292 g/mol. The smallest absolute Gasteiger partial charge is 0.225 e. The fourth-order valence-electron chi connectivity index (χ4n) is 3.52. The standard InChI is InChI=1S/C16H21FN2O2/c1-9-6-14(12(10(2)20)7-13(9)17)19-5-3-4-11-15(19)8-18-16(11)21/h6-7,10-11,15,20H,3-5,8H2,1-2H3,(H,18,21). The number of anilines is 1. The molecule has 3 atom stereocenters. The maximum Gasteiger partial charge on any atom is 0.225 e. The Kier molecular flexibility index (Phi) is 3.61. The summed E-state index contributed by atoms with van der Waals surface area (Å²) in [4.78, 5) is 14.0. The van der Waals surface area contributed by atoms with Crippen LogP contribution in [-0.4, -0.2) is 30.1 Å². The third kappa shape index (κ3) is 2.39. The molecule has 4 nitrogen and oxygen atoms in total. The first kappa shape index (κ1) is 14.3. The number of hydrogen-bond acceptors (Lipinski definition) is 3. The largest absolute Gasteiger partial charge is 0.389 e. The number of nitrogens with one attached hydrogen (secondary N) is 1. The van der Waals surface area contributed by atoms with Gasteiger partial charge in [0, 0.05) is 24.3 Å². The molecule has 1 aromatic rings. The highest BCUT2D eigenvalue weighted by Crippen LogP contribution is 2.36. The molecule has 0 radical (unpaired) electrons. The highest BCUT2D eigenvalue weighted by Gasteiger charge is 2.41. The van der Waals surface area contributed by atoms with Crippen LogP contribution in [0.25, 0.3) is 0 Å². The Morgan fingerprint density at radius 3 is 2.95 bits per heavy atom. The Bertz CT molecular complexity index is 574. The topological polar surface area (TPSA) is 52.6 Å². The molecule has 2 aliphatic rings. The van der Waals surface area contributed by atoms with E-state index in [9.17, 15) is 14.3 Å². The van der Waals surface area contributed by atoms with E-state index in [4.69, 9.17) is 0 Å². The Hall–Kier alpha value is -1.62. The predicted molar refractivity (Wildman–Crippen MR) is 78.6 cm³/mol. The fraction of sp³-hybridized carbons (Fsp3) is 0.562. The monoisotopic (exact) mass is 292 g/mol. The second-order valence-corrected chi connectivity index (χ2v) is 6.09. The zero-order valence-electron chi connectivity index (χ0n) is 12.4. The van der Waals surface area contributed by atoms with E-state index in [-0.39, 0.29) is 23.7 Å². The number of nitrogens with zero attached hydrogens (tertiary/aromatic N) is 1. The molecule has 0 aromatic heterocycles. The summed E-state index contributed by atoms with van der Waals surface area (Å²) in [5.74, 6) is -0.183. The minimum Gasteiger partial charge on any atom is -0.389 e. The lowest BCUT2D eigenvalue weighted by atomic mass is 9.90. The molecule has 2 aliphatic heterocycles. The summed E-state index contributed by atoms with van der Waals surface area (Å²) in [5.41, 5.74) is 2.02. The maximum atomic E-state index is 13.8. The van der Waals surface area contributed by atoms with Crippen molar-refractivity contribution in [1.29, 1.82) is 0 Å². The lowest BCUT2D eigenvalue weighted by Crippen LogP contribution is -2.46. The number of fused-ring (bicyclic) bond motifs is 1. The van der Waals surface area contributed by atoms with Gasteiger partial charge in [-0.2, -0.15) is 0 Å². The van der Waals surface area contributed by atoms with E-state index in [2.05, 4.69) is 10.2 Å². The van der Waals surface area contributed by atoms with Crippen molar-refractivity contribution in [1.82, 2.24) is 5.32 Å². The van der Waals surface area contributed by atoms with E-state index < -0.39 is 6.10 Å². The van der Waals surface area contributed by atoms with Crippen LogP contribution in [0.1, 0.15) is 37.0 Å². The van der Waals surface area contributed by atoms with Crippen LogP contribution in [-0.2, 0) is 4.79 Å². The number of rotatable bonds is 2. The second kappa shape index (κ2) is 5.30. The van der Waals surface area contributed by atoms with Gasteiger partial charge in [0.1, 0.15) is 5.82 Å². The van der Waals surface area contributed by atoms with E-state index in [0.29, 0.717) is 17.7 Å². The number of carbonyl (C=O) groups excluding carboxylic acids is 1. The van der Waals surface area contributed by atoms with Gasteiger partial charge in [0.25, 0.3) is 0 Å². The summed E-state index contributed by atoms with van der Waals surface area (Å²) >= 11 is 0. The molecule has 0 aliphatic carbocycles. The van der Waals surface area contributed by atoms with Crippen molar-refractivity contribution >= 4 is 11.6 Å². The van der Waals surface area contributed by atoms with Gasteiger partial charge in [-0.3, -0.25) is 4.79 Å². The molecule has 1 aromatic carbocycles. The van der Waals surface area contributed by atoms with Gasteiger partial charge in [-0.25, -0.2) is 4.39 Å². The molecular formula is C16H21FN2O2. The normalized spacial score (nSPS) is 26.5. The maximum absolute atomic E-state index is 13.8. The van der Waals surface area contributed by atoms with E-state index in [0.717, 1.165) is 25.1 Å². The van der Waals surface area contributed by atoms with Gasteiger partial charge in [-0.1, -0.05) is 0 Å². The van der Waals surface area contributed by atoms with Gasteiger partial charge >= 0.3 is 0 Å². The molecule has 2 N–H and O–H groups in total. The lowest BCUT2D eigenvalue weighted by molar-refractivity contribution is -0.122. The Morgan fingerprint density at radius 1 is 1.48 bits per heavy atom. The van der Waals surface area contributed by atoms with Gasteiger partial charge in [0.15, 0.2) is 0 Å². The van der Waals surface area contributed by atoms with Crippen LogP contribution in [0.2, 0.25) is 0 Å². The lowest BCUT2D eigenvalue weighted by Gasteiger charge is -2.39. The summed E-state index contributed by atoms with van der Waals surface area (Å²) in [6.45, 7) is 4.83. The van der Waals surface area contributed by atoms with Crippen LogP contribution in [0.3, 0.4) is 0 Å². The first-order valence-electron chi connectivity index (χ1n) is 7.51. The molecule has 0 spiro atoms. The van der Waals surface area contributed by atoms with Crippen LogP contribution < -0.4 is 10.2 Å². The molecule has 2 saturated heterocycles. The van der Waals surface area contributed by atoms with Gasteiger partial charge in [-0.15, -0.1) is 0 Å². The number of halogens is 1. The van der Waals surface area contributed by atoms with Crippen LogP contribution in [0.4, 0.5) is 10.1 Å². The number of aryl methyl sites for hydroxylation is 1. The van der Waals surface area contributed by atoms with Crippen LogP contribution in [0.15, 0.2) is 12.1 Å². The van der Waals surface area contributed by atoms with Crippen molar-refractivity contribution in [2.24, 2.45) is 5.92 Å². The summed E-state index contributed by atoms with van der Waals surface area (Å²) in [6.07, 6.45) is 1.10. The van der Waals surface area contributed by atoms with Gasteiger partial charge in [-0.05, 0) is 44.4 Å². The molecule has 1 amide bonds. The number of amides is 1. The number of aliphatic hydroxyl groups is 1. The van der Waals surface area contributed by atoms with Crippen molar-refractivity contribution < 1.29 is 14.3 Å². The van der Waals surface area contributed by atoms with Gasteiger partial charge in [0.05, 0.1) is 18.1 Å². The first-order valence-corrected chi connectivity index (χ1v) is 7.51. The number of aliphatic hydroxyl groups excluding tert-OH is 1. The van der Waals surface area contributed by atoms with Crippen LogP contribution in [0.5, 0.6) is 0 Å². The van der Waals surface area contributed by atoms with Crippen molar-refractivity contribution in [3.8, 4) is 0 Å². The molecule has 0 bridgehead atoms. The zero-order valence-corrected chi connectivity index (χ0v) is 12.4. The van der Waals surface area contributed by atoms with E-state index in [1.807, 2.05) is 0 Å². The number of hydrogen-bond donors (Lipinski definition) is 2. The third-order valence-corrected chi connectivity index (χ3v) is 4.67. The molecular weight excluding hydrogens is 271 g/mol. The zero-order chi connectivity index (χ0) is 15.1. The average Bonchev–Trinajstić information content (AvgIpc) is 2.83. The third-order valence-electron chi connectivity index (χ3n) is 4.67. The molecule has 21 heavy (non-hydrogen) atoms. The summed E-state index contributed by atoms with van der Waals surface area (Å²) in [6, 6.07) is 3.32. The van der Waals surface area contributed by atoms with Crippen LogP contribution >= 0.6 is 0 Å². The van der Waals surface area contributed by atoms with E-state index in [1.54, 1.807) is 19.9 Å². The Morgan fingerprint density at radius 2 is 2.24 bits per heavy atom. The quantitative estimate of drug-likeness (QED) is 0.875. The van der Waals surface area contributed by atoms with Crippen LogP contribution in [0, 0.1) is 18.7 Å². The van der Waals surface area contributed by atoms with Crippen molar-refractivity contribution in [3.05, 3.63) is 29.1 Å².